The van der Waals surface area contributed by atoms with E-state index in [1.165, 1.54) is 10.6 Å². The van der Waals surface area contributed by atoms with Crippen molar-refractivity contribution < 1.29 is 4.74 Å². The quantitative estimate of drug-likeness (QED) is 0.806. The maximum atomic E-state index is 5.79. The first-order chi connectivity index (χ1) is 10.2. The molecule has 0 aliphatic carbocycles. The first-order valence-electron chi connectivity index (χ1n) is 7.46. The van der Waals surface area contributed by atoms with E-state index in [1.807, 2.05) is 13.0 Å². The minimum atomic E-state index is 0.0435. The summed E-state index contributed by atoms with van der Waals surface area (Å²) in [5, 5.41) is 6.89. The molecule has 2 atom stereocenters. The van der Waals surface area contributed by atoms with Gasteiger partial charge in [-0.25, -0.2) is 4.98 Å². The monoisotopic (exact) mass is 304 g/mol. The van der Waals surface area contributed by atoms with Crippen molar-refractivity contribution in [3.8, 4) is 0 Å². The zero-order valence-corrected chi connectivity index (χ0v) is 13.8. The highest BCUT2D eigenvalue weighted by atomic mass is 32.1. The lowest BCUT2D eigenvalue weighted by atomic mass is 9.99. The summed E-state index contributed by atoms with van der Waals surface area (Å²) in [6.07, 6.45) is 2.05. The molecule has 0 saturated carbocycles. The van der Waals surface area contributed by atoms with E-state index in [4.69, 9.17) is 4.74 Å². The molecule has 3 nitrogen and oxygen atoms in total. The van der Waals surface area contributed by atoms with E-state index in [9.17, 15) is 0 Å². The molecule has 0 bridgehead atoms. The SMILES string of the molecule is CCCNC(Cc1nc(C)cs1)C(OC)c1ccccc1. The van der Waals surface area contributed by atoms with Gasteiger partial charge in [0.1, 0.15) is 0 Å². The van der Waals surface area contributed by atoms with Crippen molar-refractivity contribution in [2.75, 3.05) is 13.7 Å². The van der Waals surface area contributed by atoms with Gasteiger partial charge in [0.2, 0.25) is 0 Å². The predicted octanol–water partition coefficient (Wildman–Crippen LogP) is 3.75. The minimum Gasteiger partial charge on any atom is -0.375 e. The molecule has 1 heterocycles. The van der Waals surface area contributed by atoms with Crippen molar-refractivity contribution >= 4 is 11.3 Å². The van der Waals surface area contributed by atoms with E-state index in [2.05, 4.69) is 46.9 Å². The van der Waals surface area contributed by atoms with Gasteiger partial charge >= 0.3 is 0 Å². The fourth-order valence-corrected chi connectivity index (χ4v) is 3.31. The molecule has 0 saturated heterocycles. The van der Waals surface area contributed by atoms with E-state index < -0.39 is 0 Å². The summed E-state index contributed by atoms with van der Waals surface area (Å²) in [6.45, 7) is 5.21. The van der Waals surface area contributed by atoms with Crippen molar-refractivity contribution in [3.05, 3.63) is 52.0 Å². The third-order valence-electron chi connectivity index (χ3n) is 3.47. The first kappa shape index (κ1) is 16.1. The van der Waals surface area contributed by atoms with Crippen molar-refractivity contribution in [1.82, 2.24) is 10.3 Å². The zero-order valence-electron chi connectivity index (χ0n) is 13.0. The number of nitrogens with zero attached hydrogens (tertiary/aromatic N) is 1. The third-order valence-corrected chi connectivity index (χ3v) is 4.45. The minimum absolute atomic E-state index is 0.0435. The van der Waals surface area contributed by atoms with Crippen LogP contribution in [-0.4, -0.2) is 24.7 Å². The molecule has 2 aromatic rings. The molecule has 2 unspecified atom stereocenters. The number of hydrogen-bond acceptors (Lipinski definition) is 4. The summed E-state index contributed by atoms with van der Waals surface area (Å²) in [6, 6.07) is 10.7. The molecule has 0 aliphatic rings. The molecule has 2 rings (SSSR count). The van der Waals surface area contributed by atoms with Crippen LogP contribution in [-0.2, 0) is 11.2 Å². The Labute approximate surface area is 131 Å². The lowest BCUT2D eigenvalue weighted by Gasteiger charge is -2.27. The topological polar surface area (TPSA) is 34.2 Å². The number of methoxy groups -OCH3 is 1. The van der Waals surface area contributed by atoms with Crippen molar-refractivity contribution in [3.63, 3.8) is 0 Å². The van der Waals surface area contributed by atoms with Crippen LogP contribution in [0.25, 0.3) is 0 Å². The second-order valence-corrected chi connectivity index (χ2v) is 6.16. The number of thiazole rings is 1. The maximum absolute atomic E-state index is 5.79. The van der Waals surface area contributed by atoms with E-state index >= 15 is 0 Å². The van der Waals surface area contributed by atoms with Crippen LogP contribution in [0.1, 0.15) is 35.7 Å². The van der Waals surface area contributed by atoms with Gasteiger partial charge in [-0.3, -0.25) is 0 Å². The van der Waals surface area contributed by atoms with Crippen LogP contribution >= 0.6 is 11.3 Å². The second-order valence-electron chi connectivity index (χ2n) is 5.21. The van der Waals surface area contributed by atoms with E-state index in [0.29, 0.717) is 0 Å². The summed E-state index contributed by atoms with van der Waals surface area (Å²) in [7, 11) is 1.78. The molecule has 1 N–H and O–H groups in total. The number of rotatable bonds is 8. The number of benzene rings is 1. The van der Waals surface area contributed by atoms with Gasteiger partial charge in [0, 0.05) is 30.6 Å². The normalized spacial score (nSPS) is 14.0. The summed E-state index contributed by atoms with van der Waals surface area (Å²) < 4.78 is 5.79. The summed E-state index contributed by atoms with van der Waals surface area (Å²) in [4.78, 5) is 4.59. The molecular formula is C17H24N2OS. The van der Waals surface area contributed by atoms with Crippen molar-refractivity contribution in [2.45, 2.75) is 38.8 Å². The van der Waals surface area contributed by atoms with E-state index in [-0.39, 0.29) is 12.1 Å². The lowest BCUT2D eigenvalue weighted by Crippen LogP contribution is -2.38. The Balaban J connectivity index is 2.16. The smallest absolute Gasteiger partial charge is 0.0978 e. The highest BCUT2D eigenvalue weighted by molar-refractivity contribution is 7.09. The Morgan fingerprint density at radius 3 is 2.62 bits per heavy atom. The summed E-state index contributed by atoms with van der Waals surface area (Å²) in [5.74, 6) is 0. The molecule has 1 aromatic carbocycles. The average Bonchev–Trinajstić information content (AvgIpc) is 2.91. The fraction of sp³-hybridized carbons (Fsp3) is 0.471. The van der Waals surface area contributed by atoms with Gasteiger partial charge in [-0.2, -0.15) is 0 Å². The highest BCUT2D eigenvalue weighted by Crippen LogP contribution is 2.24. The van der Waals surface area contributed by atoms with Gasteiger partial charge in [0.15, 0.2) is 0 Å². The summed E-state index contributed by atoms with van der Waals surface area (Å²) in [5.41, 5.74) is 2.31. The van der Waals surface area contributed by atoms with Crippen LogP contribution in [0.3, 0.4) is 0 Å². The van der Waals surface area contributed by atoms with Crippen molar-refractivity contribution in [2.24, 2.45) is 0 Å². The molecular weight excluding hydrogens is 280 g/mol. The lowest BCUT2D eigenvalue weighted by molar-refractivity contribution is 0.0678. The highest BCUT2D eigenvalue weighted by Gasteiger charge is 2.23. The molecule has 0 radical (unpaired) electrons. The van der Waals surface area contributed by atoms with Gasteiger partial charge in [-0.15, -0.1) is 11.3 Å². The Kier molecular flexibility index (Phi) is 6.36. The standard InChI is InChI=1S/C17H24N2OS/c1-4-10-18-15(11-16-19-13(2)12-21-16)17(20-3)14-8-6-5-7-9-14/h5-9,12,15,17-18H,4,10-11H2,1-3H3. The van der Waals surface area contributed by atoms with Crippen LogP contribution in [0.5, 0.6) is 0 Å². The fourth-order valence-electron chi connectivity index (χ4n) is 2.48. The maximum Gasteiger partial charge on any atom is 0.0978 e. The molecule has 0 aliphatic heterocycles. The number of ether oxygens (including phenoxy) is 1. The Bertz CT molecular complexity index is 527. The molecule has 114 valence electrons. The van der Waals surface area contributed by atoms with E-state index in [0.717, 1.165) is 25.1 Å². The number of hydrogen-bond donors (Lipinski definition) is 1. The third kappa shape index (κ3) is 4.63. The number of aryl methyl sites for hydroxylation is 1. The average molecular weight is 304 g/mol. The molecule has 0 fully saturated rings. The van der Waals surface area contributed by atoms with Gasteiger partial charge in [-0.05, 0) is 25.5 Å². The van der Waals surface area contributed by atoms with Crippen LogP contribution in [0.15, 0.2) is 35.7 Å². The van der Waals surface area contributed by atoms with Gasteiger partial charge in [0.25, 0.3) is 0 Å². The van der Waals surface area contributed by atoms with Crippen molar-refractivity contribution in [1.29, 1.82) is 0 Å². The molecule has 4 heteroatoms. The molecule has 0 amide bonds. The zero-order chi connectivity index (χ0) is 15.1. The largest absolute Gasteiger partial charge is 0.375 e. The Morgan fingerprint density at radius 1 is 1.29 bits per heavy atom. The molecule has 1 aromatic heterocycles. The Hall–Kier alpha value is -1.23. The van der Waals surface area contributed by atoms with Crippen LogP contribution in [0.4, 0.5) is 0 Å². The van der Waals surface area contributed by atoms with Gasteiger partial charge in [-0.1, -0.05) is 37.3 Å². The molecule has 0 spiro atoms. The number of aromatic nitrogens is 1. The first-order valence-corrected chi connectivity index (χ1v) is 8.34. The van der Waals surface area contributed by atoms with Crippen LogP contribution in [0.2, 0.25) is 0 Å². The predicted molar refractivity (Wildman–Crippen MR) is 88.8 cm³/mol. The number of nitrogens with one attached hydrogen (secondary N) is 1. The van der Waals surface area contributed by atoms with E-state index in [1.54, 1.807) is 18.4 Å². The van der Waals surface area contributed by atoms with Gasteiger partial charge < -0.3 is 10.1 Å². The van der Waals surface area contributed by atoms with Crippen LogP contribution < -0.4 is 5.32 Å². The van der Waals surface area contributed by atoms with Gasteiger partial charge in [0.05, 0.1) is 11.1 Å². The summed E-state index contributed by atoms with van der Waals surface area (Å²) >= 11 is 1.73. The second kappa shape index (κ2) is 8.27. The Morgan fingerprint density at radius 2 is 2.05 bits per heavy atom. The molecule has 21 heavy (non-hydrogen) atoms. The van der Waals surface area contributed by atoms with Crippen LogP contribution in [0, 0.1) is 6.92 Å².